The summed E-state index contributed by atoms with van der Waals surface area (Å²) < 4.78 is 0. The Hall–Kier alpha value is -3.88. The number of Topliss-reactive ketones (excluding diaryl/α,β-unsaturated/α-hetero) is 1. The van der Waals surface area contributed by atoms with E-state index in [2.05, 4.69) is 10.6 Å². The number of likely N-dealkylation sites (tertiary alicyclic amines) is 1. The summed E-state index contributed by atoms with van der Waals surface area (Å²) in [6.07, 6.45) is 0.241. The molecule has 4 amide bonds. The van der Waals surface area contributed by atoms with Gasteiger partial charge in [0.15, 0.2) is 0 Å². The minimum Gasteiger partial charge on any atom is -0.465 e. The van der Waals surface area contributed by atoms with Crippen LogP contribution in [0.4, 0.5) is 9.59 Å². The number of rotatable bonds is 12. The van der Waals surface area contributed by atoms with Gasteiger partial charge in [0, 0.05) is 13.1 Å². The Morgan fingerprint density at radius 2 is 1.68 bits per heavy atom. The molecule has 0 saturated carbocycles. The van der Waals surface area contributed by atoms with E-state index in [1.54, 1.807) is 6.92 Å². The van der Waals surface area contributed by atoms with Gasteiger partial charge in [0.1, 0.15) is 12.2 Å². The summed E-state index contributed by atoms with van der Waals surface area (Å²) >= 11 is 0. The third-order valence-corrected chi connectivity index (χ3v) is 7.37. The average molecular weight is 551 g/mol. The zero-order chi connectivity index (χ0) is 29.3. The van der Waals surface area contributed by atoms with Gasteiger partial charge in [0.2, 0.25) is 5.78 Å². The maximum Gasteiger partial charge on any atom is 0.409 e. The first kappa shape index (κ1) is 30.7. The SMILES string of the molecule is CCCC[C@@H](C(=O)C(=O)NC(C)c1ccccc1)N(C(=O)O)C1CC(C)(C)CN1C(=O)NCCc1ccccc1. The van der Waals surface area contributed by atoms with Crippen LogP contribution in [-0.2, 0) is 16.0 Å². The Bertz CT molecular complexity index is 1150. The fourth-order valence-electron chi connectivity index (χ4n) is 5.26. The van der Waals surface area contributed by atoms with Crippen molar-refractivity contribution in [1.29, 1.82) is 0 Å². The van der Waals surface area contributed by atoms with Gasteiger partial charge >= 0.3 is 12.1 Å². The third kappa shape index (κ3) is 8.07. The second-order valence-electron chi connectivity index (χ2n) is 11.3. The normalized spacial score (nSPS) is 17.5. The number of hydrogen-bond donors (Lipinski definition) is 3. The number of hydrogen-bond acceptors (Lipinski definition) is 4. The zero-order valence-electron chi connectivity index (χ0n) is 23.9. The van der Waals surface area contributed by atoms with E-state index >= 15 is 0 Å². The Balaban J connectivity index is 1.80. The Morgan fingerprint density at radius 1 is 1.05 bits per heavy atom. The highest BCUT2D eigenvalue weighted by atomic mass is 16.4. The molecule has 2 unspecified atom stereocenters. The molecule has 3 atom stereocenters. The molecule has 1 aliphatic rings. The molecule has 0 bridgehead atoms. The Kier molecular flexibility index (Phi) is 10.7. The number of carbonyl (C=O) groups excluding carboxylic acids is 3. The minimum absolute atomic E-state index is 0.190. The van der Waals surface area contributed by atoms with Crippen molar-refractivity contribution in [3.63, 3.8) is 0 Å². The van der Waals surface area contributed by atoms with Gasteiger partial charge in [-0.3, -0.25) is 14.5 Å². The molecule has 1 saturated heterocycles. The number of ketones is 1. The summed E-state index contributed by atoms with van der Waals surface area (Å²) in [5.41, 5.74) is 1.53. The van der Waals surface area contributed by atoms with Crippen molar-refractivity contribution >= 4 is 23.8 Å². The highest BCUT2D eigenvalue weighted by molar-refractivity contribution is 6.38. The molecule has 3 N–H and O–H groups in total. The molecule has 2 aromatic rings. The molecular weight excluding hydrogens is 508 g/mol. The van der Waals surface area contributed by atoms with Gasteiger partial charge in [-0.25, -0.2) is 9.59 Å². The van der Waals surface area contributed by atoms with E-state index in [1.165, 1.54) is 4.90 Å². The van der Waals surface area contributed by atoms with Crippen molar-refractivity contribution in [3.8, 4) is 0 Å². The van der Waals surface area contributed by atoms with Crippen LogP contribution in [0.3, 0.4) is 0 Å². The van der Waals surface area contributed by atoms with E-state index in [-0.39, 0.29) is 17.9 Å². The lowest BCUT2D eigenvalue weighted by Crippen LogP contribution is -2.59. The van der Waals surface area contributed by atoms with E-state index in [1.807, 2.05) is 81.4 Å². The molecule has 9 nitrogen and oxygen atoms in total. The second kappa shape index (κ2) is 14.0. The van der Waals surface area contributed by atoms with Crippen LogP contribution < -0.4 is 10.6 Å². The number of carbonyl (C=O) groups is 4. The van der Waals surface area contributed by atoms with Crippen LogP contribution in [0.1, 0.15) is 70.5 Å². The van der Waals surface area contributed by atoms with Gasteiger partial charge < -0.3 is 20.6 Å². The van der Waals surface area contributed by atoms with E-state index in [9.17, 15) is 24.3 Å². The highest BCUT2D eigenvalue weighted by Crippen LogP contribution is 2.37. The van der Waals surface area contributed by atoms with Crippen molar-refractivity contribution in [2.75, 3.05) is 13.1 Å². The van der Waals surface area contributed by atoms with E-state index in [0.29, 0.717) is 32.4 Å². The summed E-state index contributed by atoms with van der Waals surface area (Å²) in [4.78, 5) is 55.3. The average Bonchev–Trinajstić information content (AvgIpc) is 3.25. The molecule has 1 fully saturated rings. The topological polar surface area (TPSA) is 119 Å². The smallest absolute Gasteiger partial charge is 0.409 e. The van der Waals surface area contributed by atoms with Crippen LogP contribution in [0.15, 0.2) is 60.7 Å². The molecule has 0 spiro atoms. The maximum absolute atomic E-state index is 13.5. The van der Waals surface area contributed by atoms with Gasteiger partial charge in [0.25, 0.3) is 5.91 Å². The minimum atomic E-state index is -1.33. The summed E-state index contributed by atoms with van der Waals surface area (Å²) in [5, 5.41) is 16.0. The summed E-state index contributed by atoms with van der Waals surface area (Å²) in [7, 11) is 0. The number of benzene rings is 2. The number of amides is 4. The second-order valence-corrected chi connectivity index (χ2v) is 11.3. The lowest BCUT2D eigenvalue weighted by molar-refractivity contribution is -0.142. The van der Waals surface area contributed by atoms with Crippen molar-refractivity contribution in [2.24, 2.45) is 5.41 Å². The molecule has 0 aliphatic carbocycles. The maximum atomic E-state index is 13.5. The Morgan fingerprint density at radius 3 is 2.27 bits per heavy atom. The van der Waals surface area contributed by atoms with Crippen molar-refractivity contribution in [1.82, 2.24) is 20.4 Å². The number of nitrogens with zero attached hydrogens (tertiary/aromatic N) is 2. The largest absolute Gasteiger partial charge is 0.465 e. The third-order valence-electron chi connectivity index (χ3n) is 7.37. The van der Waals surface area contributed by atoms with Crippen molar-refractivity contribution in [2.45, 2.75) is 78.0 Å². The first-order valence-electron chi connectivity index (χ1n) is 14.0. The summed E-state index contributed by atoms with van der Waals surface area (Å²) in [5.74, 6) is -1.65. The quantitative estimate of drug-likeness (QED) is 0.322. The first-order valence-corrected chi connectivity index (χ1v) is 14.0. The summed E-state index contributed by atoms with van der Waals surface area (Å²) in [6, 6.07) is 17.0. The number of urea groups is 1. The van der Waals surface area contributed by atoms with E-state index < -0.39 is 36.0 Å². The molecule has 0 radical (unpaired) electrons. The highest BCUT2D eigenvalue weighted by Gasteiger charge is 2.48. The van der Waals surface area contributed by atoms with E-state index in [4.69, 9.17) is 0 Å². The van der Waals surface area contributed by atoms with Crippen LogP contribution in [0, 0.1) is 5.41 Å². The lowest BCUT2D eigenvalue weighted by atomic mass is 9.91. The molecular formula is C31H42N4O5. The van der Waals surface area contributed by atoms with Gasteiger partial charge in [-0.1, -0.05) is 94.3 Å². The fraction of sp³-hybridized carbons (Fsp3) is 0.484. The molecule has 0 aromatic heterocycles. The lowest BCUT2D eigenvalue weighted by Gasteiger charge is -2.37. The zero-order valence-corrected chi connectivity index (χ0v) is 23.9. The molecule has 216 valence electrons. The first-order chi connectivity index (χ1) is 19.0. The molecule has 9 heteroatoms. The molecule has 40 heavy (non-hydrogen) atoms. The van der Waals surface area contributed by atoms with Crippen molar-refractivity contribution in [3.05, 3.63) is 71.8 Å². The van der Waals surface area contributed by atoms with E-state index in [0.717, 1.165) is 22.4 Å². The van der Waals surface area contributed by atoms with Gasteiger partial charge in [-0.15, -0.1) is 0 Å². The van der Waals surface area contributed by atoms with Crippen LogP contribution in [0.2, 0.25) is 0 Å². The number of unbranched alkanes of at least 4 members (excludes halogenated alkanes) is 1. The standard InChI is InChI=1S/C31H42N4O5/c1-5-6-17-25(27(36)28(37)33-22(2)24-15-11-8-12-16-24)35(30(39)40)26-20-31(3,4)21-34(26)29(38)32-19-18-23-13-9-7-10-14-23/h7-16,22,25-26H,5-6,17-21H2,1-4H3,(H,32,38)(H,33,37)(H,39,40)/t22?,25-,26?/m0/s1. The van der Waals surface area contributed by atoms with Crippen LogP contribution in [0.25, 0.3) is 0 Å². The van der Waals surface area contributed by atoms with Gasteiger partial charge in [-0.2, -0.15) is 0 Å². The fourth-order valence-corrected chi connectivity index (χ4v) is 5.26. The van der Waals surface area contributed by atoms with Crippen LogP contribution >= 0.6 is 0 Å². The Labute approximate surface area is 236 Å². The summed E-state index contributed by atoms with van der Waals surface area (Å²) in [6.45, 7) is 8.36. The predicted molar refractivity (Wildman–Crippen MR) is 154 cm³/mol. The number of carboxylic acid groups (broad SMARTS) is 1. The van der Waals surface area contributed by atoms with Crippen LogP contribution in [0.5, 0.6) is 0 Å². The van der Waals surface area contributed by atoms with Crippen LogP contribution in [-0.4, -0.2) is 64.0 Å². The molecule has 1 aliphatic heterocycles. The molecule has 3 rings (SSSR count). The molecule has 1 heterocycles. The van der Waals surface area contributed by atoms with Gasteiger partial charge in [-0.05, 0) is 42.7 Å². The van der Waals surface area contributed by atoms with Crippen molar-refractivity contribution < 1.29 is 24.3 Å². The predicted octanol–water partition coefficient (Wildman–Crippen LogP) is 4.98. The van der Waals surface area contributed by atoms with Gasteiger partial charge in [0.05, 0.1) is 6.04 Å². The monoisotopic (exact) mass is 550 g/mol. The number of nitrogens with one attached hydrogen (secondary N) is 2. The molecule has 2 aromatic carbocycles.